The van der Waals surface area contributed by atoms with Crippen LogP contribution in [0.1, 0.15) is 41.3 Å². The number of amides is 1. The van der Waals surface area contributed by atoms with Gasteiger partial charge in [-0.1, -0.05) is 56.3 Å². The van der Waals surface area contributed by atoms with E-state index in [2.05, 4.69) is 34.4 Å². The second-order valence-corrected chi connectivity index (χ2v) is 6.79. The van der Waals surface area contributed by atoms with Crippen molar-refractivity contribution in [3.63, 3.8) is 0 Å². The number of hydrogen-bond donors (Lipinski definition) is 3. The van der Waals surface area contributed by atoms with E-state index in [4.69, 9.17) is 4.74 Å². The van der Waals surface area contributed by atoms with Crippen LogP contribution in [0.15, 0.2) is 66.2 Å². The van der Waals surface area contributed by atoms with Gasteiger partial charge in [-0.05, 0) is 30.2 Å². The van der Waals surface area contributed by atoms with Crippen LogP contribution in [-0.4, -0.2) is 32.1 Å². The molecule has 1 amide bonds. The highest BCUT2D eigenvalue weighted by Gasteiger charge is 2.06. The molecular formula is C24H32N4O2. The Labute approximate surface area is 179 Å². The summed E-state index contributed by atoms with van der Waals surface area (Å²) in [5.74, 6) is 1.49. The predicted molar refractivity (Wildman–Crippen MR) is 123 cm³/mol. The first-order valence-electron chi connectivity index (χ1n) is 10.3. The molecule has 6 heteroatoms. The van der Waals surface area contributed by atoms with Gasteiger partial charge in [0.2, 0.25) is 0 Å². The van der Waals surface area contributed by atoms with Crippen molar-refractivity contribution in [3.8, 4) is 5.75 Å². The fourth-order valence-corrected chi connectivity index (χ4v) is 2.78. The van der Waals surface area contributed by atoms with Gasteiger partial charge in [0.15, 0.2) is 5.96 Å². The average molecular weight is 409 g/mol. The normalized spacial score (nSPS) is 10.9. The quantitative estimate of drug-likeness (QED) is 0.230. The highest BCUT2D eigenvalue weighted by Crippen LogP contribution is 2.17. The zero-order chi connectivity index (χ0) is 21.6. The Morgan fingerprint density at radius 1 is 1.07 bits per heavy atom. The number of guanidine groups is 1. The van der Waals surface area contributed by atoms with Crippen LogP contribution in [0, 0.1) is 0 Å². The molecule has 0 aliphatic rings. The van der Waals surface area contributed by atoms with E-state index in [-0.39, 0.29) is 5.91 Å². The van der Waals surface area contributed by atoms with E-state index in [1.165, 1.54) is 0 Å². The number of ether oxygens (including phenoxy) is 1. The maximum atomic E-state index is 12.1. The van der Waals surface area contributed by atoms with Gasteiger partial charge in [-0.15, -0.1) is 0 Å². The van der Waals surface area contributed by atoms with Crippen LogP contribution in [0.3, 0.4) is 0 Å². The lowest BCUT2D eigenvalue weighted by Crippen LogP contribution is -2.36. The second-order valence-electron chi connectivity index (χ2n) is 6.79. The molecular weight excluding hydrogens is 376 g/mol. The number of rotatable bonds is 11. The molecule has 0 fully saturated rings. The molecule has 2 aromatic rings. The number of nitrogens with one attached hydrogen (secondary N) is 3. The van der Waals surface area contributed by atoms with Crippen LogP contribution in [-0.2, 0) is 13.1 Å². The SMILES string of the molecule is C=CCOc1ccccc1CNC(=NC)NCc1ccc(C(=O)NCCCC)cc1. The molecule has 0 aliphatic heterocycles. The topological polar surface area (TPSA) is 74.8 Å². The van der Waals surface area contributed by atoms with Gasteiger partial charge in [0.05, 0.1) is 0 Å². The number of para-hydroxylation sites is 1. The molecule has 0 aromatic heterocycles. The lowest BCUT2D eigenvalue weighted by Gasteiger charge is -2.14. The van der Waals surface area contributed by atoms with Gasteiger partial charge in [-0.25, -0.2) is 0 Å². The summed E-state index contributed by atoms with van der Waals surface area (Å²) in [4.78, 5) is 16.4. The summed E-state index contributed by atoms with van der Waals surface area (Å²) >= 11 is 0. The van der Waals surface area contributed by atoms with E-state index in [0.29, 0.717) is 37.8 Å². The first-order chi connectivity index (χ1) is 14.7. The number of nitrogens with zero attached hydrogens (tertiary/aromatic N) is 1. The fraction of sp³-hybridized carbons (Fsp3) is 0.333. The van der Waals surface area contributed by atoms with Gasteiger partial charge in [-0.2, -0.15) is 0 Å². The van der Waals surface area contributed by atoms with Crippen LogP contribution in [0.5, 0.6) is 5.75 Å². The first kappa shape index (κ1) is 23.0. The van der Waals surface area contributed by atoms with Crippen molar-refractivity contribution in [2.24, 2.45) is 4.99 Å². The number of benzene rings is 2. The average Bonchev–Trinajstić information content (AvgIpc) is 2.79. The summed E-state index contributed by atoms with van der Waals surface area (Å²) in [7, 11) is 1.74. The summed E-state index contributed by atoms with van der Waals surface area (Å²) in [5, 5.41) is 9.52. The van der Waals surface area contributed by atoms with Crippen LogP contribution in [0.4, 0.5) is 0 Å². The minimum atomic E-state index is -0.0298. The second kappa shape index (κ2) is 13.0. The Morgan fingerprint density at radius 2 is 1.80 bits per heavy atom. The Bertz CT molecular complexity index is 831. The van der Waals surface area contributed by atoms with Crippen molar-refractivity contribution in [2.45, 2.75) is 32.9 Å². The monoisotopic (exact) mass is 408 g/mol. The first-order valence-corrected chi connectivity index (χ1v) is 10.3. The Balaban J connectivity index is 1.84. The Hall–Kier alpha value is -3.28. The summed E-state index contributed by atoms with van der Waals surface area (Å²) in [6.07, 6.45) is 3.78. The highest BCUT2D eigenvalue weighted by atomic mass is 16.5. The molecule has 160 valence electrons. The molecule has 6 nitrogen and oxygen atoms in total. The number of unbranched alkanes of at least 4 members (excludes halogenated alkanes) is 1. The van der Waals surface area contributed by atoms with Crippen LogP contribution in [0.2, 0.25) is 0 Å². The van der Waals surface area contributed by atoms with Crippen LogP contribution >= 0.6 is 0 Å². The molecule has 2 rings (SSSR count). The third-order valence-electron chi connectivity index (χ3n) is 4.49. The number of aliphatic imine (C=N–C) groups is 1. The van der Waals surface area contributed by atoms with Gasteiger partial charge < -0.3 is 20.7 Å². The largest absolute Gasteiger partial charge is 0.489 e. The number of hydrogen-bond acceptors (Lipinski definition) is 3. The molecule has 0 unspecified atom stereocenters. The van der Waals surface area contributed by atoms with Gasteiger partial charge in [0.25, 0.3) is 5.91 Å². The minimum Gasteiger partial charge on any atom is -0.489 e. The van der Waals surface area contributed by atoms with E-state index >= 15 is 0 Å². The molecule has 0 aliphatic carbocycles. The molecule has 2 aromatic carbocycles. The standard InChI is InChI=1S/C24H32N4O2/c1-4-6-15-26-23(29)20-13-11-19(12-14-20)17-27-24(25-3)28-18-21-9-7-8-10-22(21)30-16-5-2/h5,7-14H,2,4,6,15-18H2,1,3H3,(H,26,29)(H2,25,27,28). The van der Waals surface area contributed by atoms with E-state index in [1.54, 1.807) is 13.1 Å². The van der Waals surface area contributed by atoms with Crippen molar-refractivity contribution in [3.05, 3.63) is 77.9 Å². The maximum Gasteiger partial charge on any atom is 0.251 e. The summed E-state index contributed by atoms with van der Waals surface area (Å²) < 4.78 is 5.69. The summed E-state index contributed by atoms with van der Waals surface area (Å²) in [6, 6.07) is 15.5. The molecule has 0 saturated heterocycles. The van der Waals surface area contributed by atoms with E-state index < -0.39 is 0 Å². The lowest BCUT2D eigenvalue weighted by atomic mass is 10.1. The smallest absolute Gasteiger partial charge is 0.251 e. The third kappa shape index (κ3) is 7.62. The molecule has 0 bridgehead atoms. The van der Waals surface area contributed by atoms with E-state index in [1.807, 2.05) is 48.5 Å². The van der Waals surface area contributed by atoms with Crippen LogP contribution < -0.4 is 20.7 Å². The molecule has 0 atom stereocenters. The Kier molecular flexibility index (Phi) is 10.00. The molecule has 0 radical (unpaired) electrons. The van der Waals surface area contributed by atoms with Gasteiger partial charge in [0, 0.05) is 37.8 Å². The predicted octanol–water partition coefficient (Wildman–Crippen LogP) is 3.65. The number of carbonyl (C=O) groups excluding carboxylic acids is 1. The lowest BCUT2D eigenvalue weighted by molar-refractivity contribution is 0.0953. The molecule has 0 saturated carbocycles. The zero-order valence-corrected chi connectivity index (χ0v) is 17.9. The van der Waals surface area contributed by atoms with Crippen LogP contribution in [0.25, 0.3) is 0 Å². The number of carbonyl (C=O) groups is 1. The molecule has 0 spiro atoms. The zero-order valence-electron chi connectivity index (χ0n) is 17.9. The third-order valence-corrected chi connectivity index (χ3v) is 4.49. The van der Waals surface area contributed by atoms with Gasteiger partial charge >= 0.3 is 0 Å². The van der Waals surface area contributed by atoms with E-state index in [0.717, 1.165) is 29.7 Å². The fourth-order valence-electron chi connectivity index (χ4n) is 2.78. The van der Waals surface area contributed by atoms with Crippen molar-refractivity contribution in [1.82, 2.24) is 16.0 Å². The maximum absolute atomic E-state index is 12.1. The van der Waals surface area contributed by atoms with Gasteiger partial charge in [-0.3, -0.25) is 9.79 Å². The molecule has 30 heavy (non-hydrogen) atoms. The highest BCUT2D eigenvalue weighted by molar-refractivity contribution is 5.94. The molecule has 0 heterocycles. The van der Waals surface area contributed by atoms with E-state index in [9.17, 15) is 4.79 Å². The van der Waals surface area contributed by atoms with Crippen molar-refractivity contribution in [1.29, 1.82) is 0 Å². The summed E-state index contributed by atoms with van der Waals surface area (Å²) in [6.45, 7) is 8.16. The van der Waals surface area contributed by atoms with Crippen molar-refractivity contribution < 1.29 is 9.53 Å². The summed E-state index contributed by atoms with van der Waals surface area (Å²) in [5.41, 5.74) is 2.78. The van der Waals surface area contributed by atoms with Gasteiger partial charge in [0.1, 0.15) is 12.4 Å². The minimum absolute atomic E-state index is 0.0298. The molecule has 3 N–H and O–H groups in total. The van der Waals surface area contributed by atoms with Crippen molar-refractivity contribution >= 4 is 11.9 Å². The van der Waals surface area contributed by atoms with Crippen molar-refractivity contribution in [2.75, 3.05) is 20.2 Å². The Morgan fingerprint density at radius 3 is 2.50 bits per heavy atom.